The van der Waals surface area contributed by atoms with E-state index in [1.54, 1.807) is 0 Å². The Morgan fingerprint density at radius 3 is 2.82 bits per heavy atom. The van der Waals surface area contributed by atoms with Crippen molar-refractivity contribution >= 4 is 22.4 Å². The summed E-state index contributed by atoms with van der Waals surface area (Å²) >= 11 is 1.83. The second kappa shape index (κ2) is 5.88. The first kappa shape index (κ1) is 14.0. The number of hydrogen-bond acceptors (Lipinski definition) is 2. The summed E-state index contributed by atoms with van der Waals surface area (Å²) in [5.74, 6) is 1.98. The lowest BCUT2D eigenvalue weighted by molar-refractivity contribution is 0.258. The van der Waals surface area contributed by atoms with E-state index in [4.69, 9.17) is 4.98 Å². The van der Waals surface area contributed by atoms with E-state index in [1.807, 2.05) is 11.3 Å². The molecule has 0 bridgehead atoms. The van der Waals surface area contributed by atoms with Gasteiger partial charge < -0.3 is 4.57 Å². The molecule has 0 spiro atoms. The van der Waals surface area contributed by atoms with Gasteiger partial charge in [0.1, 0.15) is 5.82 Å². The maximum Gasteiger partial charge on any atom is 0.115 e. The van der Waals surface area contributed by atoms with Crippen LogP contribution in [0.15, 0.2) is 41.8 Å². The van der Waals surface area contributed by atoms with Gasteiger partial charge in [0.2, 0.25) is 0 Å². The second-order valence-electron chi connectivity index (χ2n) is 6.47. The van der Waals surface area contributed by atoms with Crippen LogP contribution < -0.4 is 0 Å². The van der Waals surface area contributed by atoms with Crippen LogP contribution in [-0.2, 0) is 6.42 Å². The van der Waals surface area contributed by atoms with E-state index in [9.17, 15) is 0 Å². The number of nitrogens with zero attached hydrogens (tertiary/aromatic N) is 2. The van der Waals surface area contributed by atoms with Gasteiger partial charge in [0.25, 0.3) is 0 Å². The van der Waals surface area contributed by atoms with Crippen LogP contribution in [0.2, 0.25) is 0 Å². The third-order valence-electron chi connectivity index (χ3n) is 4.98. The Kier molecular flexibility index (Phi) is 3.75. The van der Waals surface area contributed by atoms with E-state index in [2.05, 4.69) is 53.3 Å². The van der Waals surface area contributed by atoms with Crippen molar-refractivity contribution in [2.45, 2.75) is 45.1 Å². The predicted octanol–water partition coefficient (Wildman–Crippen LogP) is 5.44. The van der Waals surface area contributed by atoms with E-state index in [0.717, 1.165) is 17.9 Å². The monoisotopic (exact) mass is 310 g/mol. The molecule has 1 aromatic carbocycles. The molecule has 1 aliphatic carbocycles. The van der Waals surface area contributed by atoms with E-state index < -0.39 is 0 Å². The molecule has 0 radical (unpaired) electrons. The van der Waals surface area contributed by atoms with Crippen LogP contribution in [0, 0.1) is 5.92 Å². The summed E-state index contributed by atoms with van der Waals surface area (Å²) in [5.41, 5.74) is 2.46. The van der Waals surface area contributed by atoms with Crippen molar-refractivity contribution in [2.75, 3.05) is 0 Å². The number of aromatic nitrogens is 2. The number of para-hydroxylation sites is 2. The second-order valence-corrected chi connectivity index (χ2v) is 7.50. The minimum Gasteiger partial charge on any atom is -0.324 e. The van der Waals surface area contributed by atoms with Crippen LogP contribution in [0.4, 0.5) is 0 Å². The molecule has 2 heterocycles. The van der Waals surface area contributed by atoms with E-state index >= 15 is 0 Å². The third kappa shape index (κ3) is 2.48. The van der Waals surface area contributed by atoms with Crippen molar-refractivity contribution in [3.63, 3.8) is 0 Å². The Hall–Kier alpha value is -1.61. The molecule has 3 heteroatoms. The number of benzene rings is 1. The molecule has 0 N–H and O–H groups in total. The molecule has 2 nitrogen and oxygen atoms in total. The summed E-state index contributed by atoms with van der Waals surface area (Å²) in [6.45, 7) is 2.41. The standard InChI is InChI=1S/C19H22N2S/c1-14-7-2-4-10-17(14)21-18-11-5-3-9-16(18)20-19(21)13-15-8-6-12-22-15/h3,5-6,8-9,11-12,14,17H,2,4,7,10,13H2,1H3/t14-,17-/m1/s1. The van der Waals surface area contributed by atoms with Crippen LogP contribution >= 0.6 is 11.3 Å². The number of imidazole rings is 1. The molecular formula is C19H22N2S. The van der Waals surface area contributed by atoms with E-state index in [1.165, 1.54) is 41.9 Å². The number of rotatable bonds is 3. The van der Waals surface area contributed by atoms with Crippen molar-refractivity contribution < 1.29 is 0 Å². The molecule has 0 amide bonds. The molecule has 1 aliphatic rings. The predicted molar refractivity (Wildman–Crippen MR) is 93.5 cm³/mol. The summed E-state index contributed by atoms with van der Waals surface area (Å²) in [7, 11) is 0. The number of hydrogen-bond donors (Lipinski definition) is 0. The average molecular weight is 310 g/mol. The van der Waals surface area contributed by atoms with Gasteiger partial charge in [-0.05, 0) is 42.3 Å². The fourth-order valence-electron chi connectivity index (χ4n) is 3.84. The fourth-order valence-corrected chi connectivity index (χ4v) is 4.54. The van der Waals surface area contributed by atoms with Gasteiger partial charge in [-0.15, -0.1) is 11.3 Å². The highest BCUT2D eigenvalue weighted by atomic mass is 32.1. The lowest BCUT2D eigenvalue weighted by atomic mass is 9.85. The molecule has 2 atom stereocenters. The smallest absolute Gasteiger partial charge is 0.115 e. The molecule has 3 aromatic rings. The van der Waals surface area contributed by atoms with Gasteiger partial charge >= 0.3 is 0 Å². The van der Waals surface area contributed by atoms with Gasteiger partial charge in [0, 0.05) is 17.3 Å². The third-order valence-corrected chi connectivity index (χ3v) is 5.86. The Morgan fingerprint density at radius 2 is 2.00 bits per heavy atom. The lowest BCUT2D eigenvalue weighted by Crippen LogP contribution is -2.22. The molecule has 1 saturated carbocycles. The Bertz CT molecular complexity index is 757. The molecule has 2 aromatic heterocycles. The van der Waals surface area contributed by atoms with Crippen molar-refractivity contribution in [3.8, 4) is 0 Å². The quantitative estimate of drug-likeness (QED) is 0.630. The highest BCUT2D eigenvalue weighted by molar-refractivity contribution is 7.09. The molecule has 22 heavy (non-hydrogen) atoms. The summed E-state index contributed by atoms with van der Waals surface area (Å²) in [6.07, 6.45) is 6.31. The minimum absolute atomic E-state index is 0.608. The van der Waals surface area contributed by atoms with Crippen molar-refractivity contribution in [1.82, 2.24) is 9.55 Å². The first-order valence-electron chi connectivity index (χ1n) is 8.31. The Labute approximate surface area is 135 Å². The average Bonchev–Trinajstić information content (AvgIpc) is 3.16. The maximum atomic E-state index is 4.97. The van der Waals surface area contributed by atoms with Crippen LogP contribution in [0.1, 0.15) is 49.4 Å². The van der Waals surface area contributed by atoms with Crippen LogP contribution in [0.25, 0.3) is 11.0 Å². The minimum atomic E-state index is 0.608. The zero-order valence-corrected chi connectivity index (χ0v) is 13.9. The van der Waals surface area contributed by atoms with Gasteiger partial charge in [-0.3, -0.25) is 0 Å². The molecule has 0 saturated heterocycles. The number of thiophene rings is 1. The molecule has 114 valence electrons. The summed E-state index contributed by atoms with van der Waals surface area (Å²) < 4.78 is 2.55. The molecule has 0 unspecified atom stereocenters. The topological polar surface area (TPSA) is 17.8 Å². The number of fused-ring (bicyclic) bond motifs is 1. The highest BCUT2D eigenvalue weighted by Crippen LogP contribution is 2.37. The first-order chi connectivity index (χ1) is 10.8. The van der Waals surface area contributed by atoms with E-state index in [-0.39, 0.29) is 0 Å². The molecule has 4 rings (SSSR count). The molecule has 1 fully saturated rings. The Morgan fingerprint density at radius 1 is 1.14 bits per heavy atom. The van der Waals surface area contributed by atoms with E-state index in [0.29, 0.717) is 6.04 Å². The largest absolute Gasteiger partial charge is 0.324 e. The van der Waals surface area contributed by atoms with Gasteiger partial charge in [-0.25, -0.2) is 4.98 Å². The van der Waals surface area contributed by atoms with Crippen LogP contribution in [0.3, 0.4) is 0 Å². The first-order valence-corrected chi connectivity index (χ1v) is 9.19. The normalized spacial score (nSPS) is 22.2. The van der Waals surface area contributed by atoms with Gasteiger partial charge in [0.05, 0.1) is 11.0 Å². The van der Waals surface area contributed by atoms with Crippen molar-refractivity contribution in [2.24, 2.45) is 5.92 Å². The lowest BCUT2D eigenvalue weighted by Gasteiger charge is -2.31. The zero-order valence-electron chi connectivity index (χ0n) is 13.0. The summed E-state index contributed by atoms with van der Waals surface area (Å²) in [4.78, 5) is 6.37. The highest BCUT2D eigenvalue weighted by Gasteiger charge is 2.26. The van der Waals surface area contributed by atoms with Gasteiger partial charge in [0.15, 0.2) is 0 Å². The summed E-state index contributed by atoms with van der Waals surface area (Å²) in [5, 5.41) is 2.16. The van der Waals surface area contributed by atoms with Crippen LogP contribution in [0.5, 0.6) is 0 Å². The maximum absolute atomic E-state index is 4.97. The summed E-state index contributed by atoms with van der Waals surface area (Å²) in [6, 6.07) is 13.6. The van der Waals surface area contributed by atoms with Crippen molar-refractivity contribution in [3.05, 3.63) is 52.5 Å². The zero-order chi connectivity index (χ0) is 14.9. The van der Waals surface area contributed by atoms with Gasteiger partial charge in [-0.2, -0.15) is 0 Å². The van der Waals surface area contributed by atoms with Crippen LogP contribution in [-0.4, -0.2) is 9.55 Å². The SMILES string of the molecule is C[C@@H]1CCCC[C@H]1n1c(Cc2cccs2)nc2ccccc21. The fraction of sp³-hybridized carbons (Fsp3) is 0.421. The molecule has 0 aliphatic heterocycles. The molecular weight excluding hydrogens is 288 g/mol. The van der Waals surface area contributed by atoms with Gasteiger partial charge in [-0.1, -0.05) is 38.0 Å². The Balaban J connectivity index is 1.82. The van der Waals surface area contributed by atoms with Crippen molar-refractivity contribution in [1.29, 1.82) is 0 Å².